The zero-order valence-corrected chi connectivity index (χ0v) is 14.2. The molecule has 2 aromatic carbocycles. The molecular formula is C16H13N3O6S. The maximum Gasteiger partial charge on any atom is 0.229 e. The Bertz CT molecular complexity index is 1130. The molecule has 0 bridgehead atoms. The van der Waals surface area contributed by atoms with E-state index in [0.717, 1.165) is 12.5 Å². The van der Waals surface area contributed by atoms with Gasteiger partial charge in [-0.15, -0.1) is 4.91 Å². The van der Waals surface area contributed by atoms with Gasteiger partial charge in [-0.2, -0.15) is 0 Å². The molecule has 3 aromatic rings. The summed E-state index contributed by atoms with van der Waals surface area (Å²) in [7, 11) is -3.61. The predicted molar refractivity (Wildman–Crippen MR) is 96.9 cm³/mol. The van der Waals surface area contributed by atoms with Gasteiger partial charge in [0.1, 0.15) is 23.3 Å². The van der Waals surface area contributed by atoms with E-state index in [4.69, 9.17) is 9.15 Å². The van der Waals surface area contributed by atoms with Gasteiger partial charge in [-0.3, -0.25) is 9.52 Å². The molecule has 0 aliphatic carbocycles. The zero-order chi connectivity index (χ0) is 18.7. The lowest BCUT2D eigenvalue weighted by Gasteiger charge is -2.13. The number of rotatable bonds is 6. The number of hydrogen-bond donors (Lipinski definition) is 2. The van der Waals surface area contributed by atoms with Gasteiger partial charge in [0.2, 0.25) is 15.5 Å². The zero-order valence-electron chi connectivity index (χ0n) is 13.4. The minimum atomic E-state index is -3.61. The molecule has 9 nitrogen and oxygen atoms in total. The first kappa shape index (κ1) is 17.4. The number of para-hydroxylation sites is 1. The van der Waals surface area contributed by atoms with E-state index in [9.17, 15) is 18.1 Å². The van der Waals surface area contributed by atoms with Gasteiger partial charge in [0.05, 0.1) is 22.6 Å². The first-order valence-electron chi connectivity index (χ1n) is 7.26. The second kappa shape index (κ2) is 6.84. The molecule has 0 spiro atoms. The molecule has 0 radical (unpaired) electrons. The number of ether oxygens (including phenoxy) is 1. The van der Waals surface area contributed by atoms with Crippen LogP contribution in [0, 0.1) is 4.91 Å². The van der Waals surface area contributed by atoms with Gasteiger partial charge in [0, 0.05) is 6.07 Å². The summed E-state index contributed by atoms with van der Waals surface area (Å²) in [6, 6.07) is 11.3. The highest BCUT2D eigenvalue weighted by Crippen LogP contribution is 2.34. The summed E-state index contributed by atoms with van der Waals surface area (Å²) >= 11 is 0. The number of nitrogens with one attached hydrogen (secondary N) is 2. The molecule has 0 atom stereocenters. The summed E-state index contributed by atoms with van der Waals surface area (Å²) in [6.45, 7) is 0. The Morgan fingerprint density at radius 3 is 2.50 bits per heavy atom. The second-order valence-corrected chi connectivity index (χ2v) is 7.06. The Kier molecular flexibility index (Phi) is 4.59. The van der Waals surface area contributed by atoms with E-state index in [2.05, 4.69) is 10.0 Å². The molecule has 134 valence electrons. The molecular weight excluding hydrogens is 362 g/mol. The normalized spacial score (nSPS) is 11.1. The first-order chi connectivity index (χ1) is 12.4. The van der Waals surface area contributed by atoms with Crippen molar-refractivity contribution >= 4 is 32.4 Å². The molecule has 3 rings (SSSR count). The summed E-state index contributed by atoms with van der Waals surface area (Å²) in [4.78, 5) is 22.7. The van der Waals surface area contributed by atoms with E-state index in [1.165, 1.54) is 12.1 Å². The molecule has 2 N–H and O–H groups in total. The topological polar surface area (TPSA) is 127 Å². The maximum absolute atomic E-state index is 12.4. The fourth-order valence-electron chi connectivity index (χ4n) is 2.26. The van der Waals surface area contributed by atoms with Gasteiger partial charge in [0.25, 0.3) is 0 Å². The Labute approximate surface area is 147 Å². The standard InChI is InChI=1S/C16H13N3O6S/c1-26(22,23)18-12-8-14-11(16(20)13(9-24-14)17-19-21)7-15(12)25-10-5-3-2-4-6-10/h2-9,18H,1H3,(H,17,21). The monoisotopic (exact) mass is 375 g/mol. The summed E-state index contributed by atoms with van der Waals surface area (Å²) < 4.78 is 36.6. The number of benzene rings is 2. The third-order valence-electron chi connectivity index (χ3n) is 3.31. The number of anilines is 2. The summed E-state index contributed by atoms with van der Waals surface area (Å²) in [5.74, 6) is 0.536. The highest BCUT2D eigenvalue weighted by atomic mass is 32.2. The van der Waals surface area contributed by atoms with Crippen LogP contribution in [0.5, 0.6) is 11.5 Å². The summed E-state index contributed by atoms with van der Waals surface area (Å²) in [6.07, 6.45) is 2.01. The number of sulfonamides is 1. The average Bonchev–Trinajstić information content (AvgIpc) is 2.58. The van der Waals surface area contributed by atoms with Gasteiger partial charge in [-0.05, 0) is 18.2 Å². The van der Waals surface area contributed by atoms with Gasteiger partial charge >= 0.3 is 0 Å². The number of fused-ring (bicyclic) bond motifs is 1. The molecule has 0 fully saturated rings. The maximum atomic E-state index is 12.4. The van der Waals surface area contributed by atoms with Gasteiger partial charge in [-0.1, -0.05) is 18.2 Å². The minimum absolute atomic E-state index is 0.0867. The molecule has 10 heteroatoms. The van der Waals surface area contributed by atoms with Crippen molar-refractivity contribution < 1.29 is 17.6 Å². The van der Waals surface area contributed by atoms with Crippen LogP contribution in [-0.2, 0) is 10.0 Å². The lowest BCUT2D eigenvalue weighted by Crippen LogP contribution is -2.12. The van der Waals surface area contributed by atoms with Crippen molar-refractivity contribution in [3.8, 4) is 11.5 Å². The van der Waals surface area contributed by atoms with Crippen molar-refractivity contribution in [3.63, 3.8) is 0 Å². The molecule has 0 unspecified atom stereocenters. The van der Waals surface area contributed by atoms with Crippen LogP contribution in [0.1, 0.15) is 0 Å². The molecule has 1 aromatic heterocycles. The summed E-state index contributed by atoms with van der Waals surface area (Å²) in [5.41, 5.74) is 1.51. The van der Waals surface area contributed by atoms with Crippen molar-refractivity contribution in [1.82, 2.24) is 0 Å². The van der Waals surface area contributed by atoms with Crippen LogP contribution in [0.3, 0.4) is 0 Å². The van der Waals surface area contributed by atoms with Crippen LogP contribution < -0.4 is 20.3 Å². The average molecular weight is 375 g/mol. The minimum Gasteiger partial charge on any atom is -0.462 e. The molecule has 0 saturated heterocycles. The quantitative estimate of drug-likeness (QED) is 0.501. The van der Waals surface area contributed by atoms with Crippen LogP contribution in [0.15, 0.2) is 63.2 Å². The molecule has 26 heavy (non-hydrogen) atoms. The van der Waals surface area contributed by atoms with E-state index in [1.54, 1.807) is 30.3 Å². The highest BCUT2D eigenvalue weighted by Gasteiger charge is 2.16. The van der Waals surface area contributed by atoms with Gasteiger partial charge < -0.3 is 9.15 Å². The second-order valence-electron chi connectivity index (χ2n) is 5.32. The van der Waals surface area contributed by atoms with Crippen LogP contribution in [0.4, 0.5) is 11.4 Å². The SMILES string of the molecule is CS(=O)(=O)Nc1cc2occ(NN=O)c(=O)c2cc1Oc1ccccc1. The fraction of sp³-hybridized carbons (Fsp3) is 0.0625. The highest BCUT2D eigenvalue weighted by molar-refractivity contribution is 7.92. The van der Waals surface area contributed by atoms with E-state index < -0.39 is 15.5 Å². The smallest absolute Gasteiger partial charge is 0.229 e. The molecule has 0 amide bonds. The lowest BCUT2D eigenvalue weighted by atomic mass is 10.2. The molecule has 0 saturated carbocycles. The van der Waals surface area contributed by atoms with Crippen molar-refractivity contribution in [2.45, 2.75) is 0 Å². The van der Waals surface area contributed by atoms with Crippen LogP contribution in [0.2, 0.25) is 0 Å². The molecule has 1 heterocycles. The van der Waals surface area contributed by atoms with Crippen LogP contribution in [0.25, 0.3) is 11.0 Å². The van der Waals surface area contributed by atoms with Gasteiger partial charge in [0.15, 0.2) is 5.75 Å². The van der Waals surface area contributed by atoms with Crippen molar-refractivity contribution in [2.24, 2.45) is 5.29 Å². The van der Waals surface area contributed by atoms with E-state index in [-0.39, 0.29) is 28.1 Å². The van der Waals surface area contributed by atoms with E-state index in [1.807, 2.05) is 5.43 Å². The Morgan fingerprint density at radius 2 is 1.85 bits per heavy atom. The summed E-state index contributed by atoms with van der Waals surface area (Å²) in [5, 5.41) is 2.53. The Balaban J connectivity index is 2.19. The van der Waals surface area contributed by atoms with Crippen LogP contribution >= 0.6 is 0 Å². The van der Waals surface area contributed by atoms with Crippen LogP contribution in [-0.4, -0.2) is 14.7 Å². The fourth-order valence-corrected chi connectivity index (χ4v) is 2.82. The van der Waals surface area contributed by atoms with E-state index in [0.29, 0.717) is 5.75 Å². The Morgan fingerprint density at radius 1 is 1.12 bits per heavy atom. The largest absolute Gasteiger partial charge is 0.462 e. The van der Waals surface area contributed by atoms with Crippen molar-refractivity contribution in [3.05, 3.63) is 63.9 Å². The molecule has 0 aliphatic rings. The molecule has 0 aliphatic heterocycles. The predicted octanol–water partition coefficient (Wildman–Crippen LogP) is 3.05. The van der Waals surface area contributed by atoms with Crippen molar-refractivity contribution in [1.29, 1.82) is 0 Å². The Hall–Kier alpha value is -3.40. The third kappa shape index (κ3) is 3.81. The first-order valence-corrected chi connectivity index (χ1v) is 9.15. The lowest BCUT2D eigenvalue weighted by molar-refractivity contribution is 0.485. The number of nitrogens with zero attached hydrogens (tertiary/aromatic N) is 1. The van der Waals surface area contributed by atoms with Gasteiger partial charge in [-0.25, -0.2) is 13.8 Å². The third-order valence-corrected chi connectivity index (χ3v) is 3.90. The van der Waals surface area contributed by atoms with E-state index >= 15 is 0 Å². The number of hydrogen-bond acceptors (Lipinski definition) is 7. The number of nitroso groups, excluding NO2 is 1. The van der Waals surface area contributed by atoms with Crippen molar-refractivity contribution in [2.75, 3.05) is 16.4 Å².